The summed E-state index contributed by atoms with van der Waals surface area (Å²) in [6, 6.07) is -1.71. The lowest BCUT2D eigenvalue weighted by atomic mass is 10.0. The predicted molar refractivity (Wildman–Crippen MR) is 95.4 cm³/mol. The van der Waals surface area contributed by atoms with Gasteiger partial charge in [0.15, 0.2) is 0 Å². The first kappa shape index (κ1) is 20.1. The monoisotopic (exact) mass is 365 g/mol. The molecule has 0 aromatic carbocycles. The standard InChI is InChI=1S/C18H27N3O5/c1-4-7-25-14(22)6-5-13(21-16(23)15(19)11(2)3)17(24)26-18-8-12(18)9-20-10-18/h4,9,11-13,15H,1,5-8,10,19H2,2-3H3,(H,21,23)/t12?,13?,15?,18-/m0/s1. The number of nitrogens with two attached hydrogens (primary N) is 1. The van der Waals surface area contributed by atoms with Crippen LogP contribution in [0.2, 0.25) is 0 Å². The fourth-order valence-corrected chi connectivity index (χ4v) is 2.75. The van der Waals surface area contributed by atoms with E-state index in [9.17, 15) is 14.4 Å². The summed E-state index contributed by atoms with van der Waals surface area (Å²) in [7, 11) is 0. The number of carbonyl (C=O) groups is 3. The summed E-state index contributed by atoms with van der Waals surface area (Å²) in [5.74, 6) is -1.43. The summed E-state index contributed by atoms with van der Waals surface area (Å²) in [4.78, 5) is 40.6. The SMILES string of the molecule is C=CCOC(=O)CCC(NC(=O)C(N)C(C)C)C(=O)O[C@@]12CN=CC1C2. The van der Waals surface area contributed by atoms with Gasteiger partial charge in [0.05, 0.1) is 12.6 Å². The number of rotatable bonds is 10. The molecule has 0 spiro atoms. The summed E-state index contributed by atoms with van der Waals surface area (Å²) < 4.78 is 10.5. The van der Waals surface area contributed by atoms with Crippen molar-refractivity contribution in [1.82, 2.24) is 5.32 Å². The maximum absolute atomic E-state index is 12.6. The number of fused-ring (bicyclic) bond motifs is 1. The smallest absolute Gasteiger partial charge is 0.329 e. The first-order valence-corrected chi connectivity index (χ1v) is 8.84. The van der Waals surface area contributed by atoms with Gasteiger partial charge in [-0.3, -0.25) is 14.6 Å². The fourth-order valence-electron chi connectivity index (χ4n) is 2.75. The lowest BCUT2D eigenvalue weighted by Crippen LogP contribution is -2.51. The second-order valence-corrected chi connectivity index (χ2v) is 7.13. The molecule has 0 aromatic rings. The van der Waals surface area contributed by atoms with Gasteiger partial charge in [-0.15, -0.1) is 0 Å². The fraction of sp³-hybridized carbons (Fsp3) is 0.667. The number of hydrogen-bond donors (Lipinski definition) is 2. The molecule has 144 valence electrons. The molecule has 1 aliphatic carbocycles. The van der Waals surface area contributed by atoms with E-state index in [0.717, 1.165) is 6.42 Å². The summed E-state index contributed by atoms with van der Waals surface area (Å²) >= 11 is 0. The molecule has 1 heterocycles. The van der Waals surface area contributed by atoms with Crippen molar-refractivity contribution in [1.29, 1.82) is 0 Å². The van der Waals surface area contributed by atoms with Gasteiger partial charge in [-0.25, -0.2) is 4.79 Å². The van der Waals surface area contributed by atoms with Crippen LogP contribution in [0.5, 0.6) is 0 Å². The molecule has 4 atom stereocenters. The molecule has 1 aliphatic heterocycles. The Labute approximate surface area is 153 Å². The molecule has 0 bridgehead atoms. The van der Waals surface area contributed by atoms with Gasteiger partial charge in [-0.2, -0.15) is 0 Å². The normalized spacial score (nSPS) is 25.2. The first-order chi connectivity index (χ1) is 12.3. The Balaban J connectivity index is 1.95. The van der Waals surface area contributed by atoms with E-state index < -0.39 is 35.5 Å². The molecule has 3 N–H and O–H groups in total. The van der Waals surface area contributed by atoms with Gasteiger partial charge in [0.1, 0.15) is 18.2 Å². The zero-order valence-electron chi connectivity index (χ0n) is 15.3. The highest BCUT2D eigenvalue weighted by molar-refractivity contribution is 5.88. The molecule has 3 unspecified atom stereocenters. The Morgan fingerprint density at radius 3 is 2.73 bits per heavy atom. The maximum Gasteiger partial charge on any atom is 0.329 e. The molecular weight excluding hydrogens is 338 g/mol. The topological polar surface area (TPSA) is 120 Å². The zero-order valence-corrected chi connectivity index (χ0v) is 15.3. The van der Waals surface area contributed by atoms with Gasteiger partial charge < -0.3 is 20.5 Å². The molecule has 26 heavy (non-hydrogen) atoms. The van der Waals surface area contributed by atoms with Crippen LogP contribution in [0.25, 0.3) is 0 Å². The molecule has 8 heteroatoms. The Morgan fingerprint density at radius 1 is 1.46 bits per heavy atom. The molecule has 2 rings (SSSR count). The number of hydrogen-bond acceptors (Lipinski definition) is 7. The van der Waals surface area contributed by atoms with Crippen molar-refractivity contribution in [2.45, 2.75) is 50.8 Å². The maximum atomic E-state index is 12.6. The quantitative estimate of drug-likeness (QED) is 0.426. The van der Waals surface area contributed by atoms with Crippen molar-refractivity contribution in [2.75, 3.05) is 13.2 Å². The van der Waals surface area contributed by atoms with Crippen LogP contribution in [-0.2, 0) is 23.9 Å². The Hall–Kier alpha value is -2.22. The minimum atomic E-state index is -0.959. The highest BCUT2D eigenvalue weighted by atomic mass is 16.6. The van der Waals surface area contributed by atoms with Crippen LogP contribution in [0.4, 0.5) is 0 Å². The van der Waals surface area contributed by atoms with Crippen LogP contribution in [-0.4, -0.2) is 54.9 Å². The van der Waals surface area contributed by atoms with Gasteiger partial charge in [-0.1, -0.05) is 26.5 Å². The van der Waals surface area contributed by atoms with E-state index in [1.165, 1.54) is 6.08 Å². The number of amides is 1. The number of ether oxygens (including phenoxy) is 2. The van der Waals surface area contributed by atoms with Crippen LogP contribution in [0.3, 0.4) is 0 Å². The van der Waals surface area contributed by atoms with Gasteiger partial charge in [0.2, 0.25) is 5.91 Å². The van der Waals surface area contributed by atoms with Gasteiger partial charge >= 0.3 is 11.9 Å². The zero-order chi connectivity index (χ0) is 19.3. The molecule has 0 saturated heterocycles. The first-order valence-electron chi connectivity index (χ1n) is 8.84. The van der Waals surface area contributed by atoms with Crippen molar-refractivity contribution in [3.05, 3.63) is 12.7 Å². The molecule has 0 radical (unpaired) electrons. The van der Waals surface area contributed by atoms with Crippen molar-refractivity contribution < 1.29 is 23.9 Å². The van der Waals surface area contributed by atoms with Crippen LogP contribution in [0, 0.1) is 11.8 Å². The van der Waals surface area contributed by atoms with Crippen molar-refractivity contribution in [3.63, 3.8) is 0 Å². The van der Waals surface area contributed by atoms with E-state index in [-0.39, 0.29) is 31.3 Å². The van der Waals surface area contributed by atoms with E-state index in [1.54, 1.807) is 6.21 Å². The summed E-state index contributed by atoms with van der Waals surface area (Å²) in [6.07, 6.45) is 4.04. The van der Waals surface area contributed by atoms with Gasteiger partial charge in [-0.05, 0) is 12.3 Å². The second kappa shape index (κ2) is 8.44. The van der Waals surface area contributed by atoms with Crippen molar-refractivity contribution in [3.8, 4) is 0 Å². The predicted octanol–water partition coefficient (Wildman–Crippen LogP) is 0.350. The van der Waals surface area contributed by atoms with E-state index in [2.05, 4.69) is 16.9 Å². The van der Waals surface area contributed by atoms with E-state index in [4.69, 9.17) is 15.2 Å². The average molecular weight is 365 g/mol. The van der Waals surface area contributed by atoms with Crippen LogP contribution in [0.15, 0.2) is 17.6 Å². The third-order valence-electron chi connectivity index (χ3n) is 4.65. The second-order valence-electron chi connectivity index (χ2n) is 7.13. The largest absolute Gasteiger partial charge is 0.461 e. The summed E-state index contributed by atoms with van der Waals surface area (Å²) in [5, 5.41) is 2.61. The number of aliphatic imine (C=N–C) groups is 1. The van der Waals surface area contributed by atoms with Gasteiger partial charge in [0.25, 0.3) is 0 Å². The number of esters is 2. The Morgan fingerprint density at radius 2 is 2.19 bits per heavy atom. The third kappa shape index (κ3) is 4.91. The number of nitrogens with one attached hydrogen (secondary N) is 1. The van der Waals surface area contributed by atoms with Crippen LogP contribution < -0.4 is 11.1 Å². The summed E-state index contributed by atoms with van der Waals surface area (Å²) in [5.41, 5.74) is 5.28. The highest BCUT2D eigenvalue weighted by Crippen LogP contribution is 2.49. The molecule has 8 nitrogen and oxygen atoms in total. The highest BCUT2D eigenvalue weighted by Gasteiger charge is 2.60. The molecule has 1 amide bonds. The van der Waals surface area contributed by atoms with Crippen molar-refractivity contribution >= 4 is 24.1 Å². The molecule has 0 aromatic heterocycles. The average Bonchev–Trinajstić information content (AvgIpc) is 3.13. The van der Waals surface area contributed by atoms with Gasteiger partial charge in [0, 0.05) is 25.0 Å². The third-order valence-corrected chi connectivity index (χ3v) is 4.65. The molecule has 1 saturated carbocycles. The van der Waals surface area contributed by atoms with Crippen LogP contribution in [0.1, 0.15) is 33.1 Å². The number of nitrogens with zero attached hydrogens (tertiary/aromatic N) is 1. The van der Waals surface area contributed by atoms with E-state index in [1.807, 2.05) is 13.8 Å². The lowest BCUT2D eigenvalue weighted by Gasteiger charge is -2.23. The molecule has 2 aliphatic rings. The molecule has 1 fully saturated rings. The van der Waals surface area contributed by atoms with Crippen molar-refractivity contribution in [2.24, 2.45) is 22.6 Å². The molecular formula is C18H27N3O5. The summed E-state index contributed by atoms with van der Waals surface area (Å²) in [6.45, 7) is 7.63. The van der Waals surface area contributed by atoms with E-state index in [0.29, 0.717) is 6.54 Å². The van der Waals surface area contributed by atoms with E-state index >= 15 is 0 Å². The minimum absolute atomic E-state index is 0.0300. The Kier molecular flexibility index (Phi) is 6.52. The minimum Gasteiger partial charge on any atom is -0.461 e. The lowest BCUT2D eigenvalue weighted by molar-refractivity contribution is -0.155. The Bertz CT molecular complexity index is 604. The number of carbonyl (C=O) groups excluding carboxylic acids is 3. The van der Waals surface area contributed by atoms with Crippen LogP contribution >= 0.6 is 0 Å².